The van der Waals surface area contributed by atoms with Crippen molar-refractivity contribution >= 4 is 17.8 Å². The Bertz CT molecular complexity index is 500. The fourth-order valence-corrected chi connectivity index (χ4v) is 3.06. The maximum Gasteiger partial charge on any atom is 0.306 e. The first kappa shape index (κ1) is 23.2. The normalized spacial score (nSPS) is 17.7. The molecule has 7 nitrogen and oxygen atoms in total. The van der Waals surface area contributed by atoms with Crippen molar-refractivity contribution in [2.24, 2.45) is 4.99 Å². The standard InChI is InChI=1S/C20H38N4O3/c1-6-17(25)24-14-12-16(15-24)23-19(21-5)22-13-10-8-7-9-11-18(26)27-20(2,3)4/h16H,6-15H2,1-5H3,(H2,21,22,23). The van der Waals surface area contributed by atoms with E-state index in [-0.39, 0.29) is 17.9 Å². The molecule has 1 heterocycles. The number of guanidine groups is 1. The number of unbranched alkanes of at least 4 members (excludes halogenated alkanes) is 3. The van der Waals surface area contributed by atoms with Gasteiger partial charge in [0.05, 0.1) is 0 Å². The average Bonchev–Trinajstić information content (AvgIpc) is 3.06. The molecule has 1 rings (SSSR count). The van der Waals surface area contributed by atoms with Gasteiger partial charge in [-0.25, -0.2) is 0 Å². The number of nitrogens with one attached hydrogen (secondary N) is 2. The summed E-state index contributed by atoms with van der Waals surface area (Å²) in [6.45, 7) is 9.98. The number of likely N-dealkylation sites (tertiary alicyclic amines) is 1. The summed E-state index contributed by atoms with van der Waals surface area (Å²) in [5, 5.41) is 6.73. The lowest BCUT2D eigenvalue weighted by atomic mass is 10.1. The summed E-state index contributed by atoms with van der Waals surface area (Å²) in [6, 6.07) is 0.264. The molecule has 0 aromatic carbocycles. The molecule has 1 saturated heterocycles. The number of rotatable bonds is 9. The van der Waals surface area contributed by atoms with Gasteiger partial charge in [0.1, 0.15) is 5.60 Å². The van der Waals surface area contributed by atoms with Crippen molar-refractivity contribution in [3.8, 4) is 0 Å². The van der Waals surface area contributed by atoms with Crippen LogP contribution in [-0.4, -0.2) is 61.1 Å². The summed E-state index contributed by atoms with van der Waals surface area (Å²) >= 11 is 0. The van der Waals surface area contributed by atoms with E-state index in [0.717, 1.165) is 57.7 Å². The Balaban J connectivity index is 2.10. The Kier molecular flexibility index (Phi) is 10.2. The molecule has 0 radical (unpaired) electrons. The smallest absolute Gasteiger partial charge is 0.306 e. The molecule has 1 fully saturated rings. The third kappa shape index (κ3) is 10.2. The largest absolute Gasteiger partial charge is 0.460 e. The first-order valence-corrected chi connectivity index (χ1v) is 10.2. The van der Waals surface area contributed by atoms with Gasteiger partial charge >= 0.3 is 5.97 Å². The molecule has 1 aliphatic rings. The van der Waals surface area contributed by atoms with E-state index in [0.29, 0.717) is 12.8 Å². The van der Waals surface area contributed by atoms with Crippen molar-refractivity contribution < 1.29 is 14.3 Å². The van der Waals surface area contributed by atoms with Gasteiger partial charge in [-0.05, 0) is 40.0 Å². The molecule has 0 aliphatic carbocycles. The zero-order valence-electron chi connectivity index (χ0n) is 17.8. The van der Waals surface area contributed by atoms with Crippen molar-refractivity contribution in [2.45, 2.75) is 84.3 Å². The fourth-order valence-electron chi connectivity index (χ4n) is 3.06. The summed E-state index contributed by atoms with van der Waals surface area (Å²) in [6.07, 6.45) is 5.98. The van der Waals surface area contributed by atoms with Gasteiger partial charge in [-0.3, -0.25) is 14.6 Å². The zero-order valence-corrected chi connectivity index (χ0v) is 17.8. The molecule has 27 heavy (non-hydrogen) atoms. The minimum atomic E-state index is -0.399. The molecular formula is C20H38N4O3. The maximum absolute atomic E-state index is 11.7. The quantitative estimate of drug-likeness (QED) is 0.277. The Morgan fingerprint density at radius 3 is 2.52 bits per heavy atom. The van der Waals surface area contributed by atoms with Gasteiger partial charge in [0, 0.05) is 45.6 Å². The molecule has 1 unspecified atom stereocenters. The lowest BCUT2D eigenvalue weighted by Gasteiger charge is -2.19. The van der Waals surface area contributed by atoms with Crippen LogP contribution in [0.1, 0.15) is 72.6 Å². The Morgan fingerprint density at radius 2 is 1.89 bits per heavy atom. The highest BCUT2D eigenvalue weighted by atomic mass is 16.6. The van der Waals surface area contributed by atoms with E-state index < -0.39 is 5.60 Å². The van der Waals surface area contributed by atoms with Crippen molar-refractivity contribution in [1.82, 2.24) is 15.5 Å². The first-order valence-electron chi connectivity index (χ1n) is 10.2. The number of amides is 1. The second kappa shape index (κ2) is 11.8. The molecule has 0 aromatic rings. The number of ether oxygens (including phenoxy) is 1. The third-order valence-corrected chi connectivity index (χ3v) is 4.43. The van der Waals surface area contributed by atoms with E-state index in [1.807, 2.05) is 32.6 Å². The summed E-state index contributed by atoms with van der Waals surface area (Å²) in [5.41, 5.74) is -0.399. The lowest BCUT2D eigenvalue weighted by Crippen LogP contribution is -2.45. The molecule has 2 N–H and O–H groups in total. The Labute approximate surface area is 164 Å². The van der Waals surface area contributed by atoms with Crippen molar-refractivity contribution in [1.29, 1.82) is 0 Å². The van der Waals surface area contributed by atoms with Crippen LogP contribution in [0.25, 0.3) is 0 Å². The molecular weight excluding hydrogens is 344 g/mol. The number of hydrogen-bond acceptors (Lipinski definition) is 4. The summed E-state index contributed by atoms with van der Waals surface area (Å²) in [5.74, 6) is 0.894. The Hall–Kier alpha value is -1.79. The highest BCUT2D eigenvalue weighted by Gasteiger charge is 2.25. The number of esters is 1. The van der Waals surface area contributed by atoms with Crippen LogP contribution in [0.5, 0.6) is 0 Å². The molecule has 0 saturated carbocycles. The monoisotopic (exact) mass is 382 g/mol. The van der Waals surface area contributed by atoms with Crippen molar-refractivity contribution in [3.05, 3.63) is 0 Å². The molecule has 1 aliphatic heterocycles. The summed E-state index contributed by atoms with van der Waals surface area (Å²) < 4.78 is 5.30. The van der Waals surface area contributed by atoms with Crippen LogP contribution in [0.15, 0.2) is 4.99 Å². The molecule has 1 amide bonds. The molecule has 7 heteroatoms. The highest BCUT2D eigenvalue weighted by molar-refractivity contribution is 5.80. The molecule has 156 valence electrons. The number of carbonyl (C=O) groups is 2. The summed E-state index contributed by atoms with van der Waals surface area (Å²) in [7, 11) is 1.76. The van der Waals surface area contributed by atoms with E-state index in [9.17, 15) is 9.59 Å². The van der Waals surface area contributed by atoms with Gasteiger partial charge in [0.15, 0.2) is 5.96 Å². The number of carbonyl (C=O) groups excluding carboxylic acids is 2. The van der Waals surface area contributed by atoms with E-state index in [1.54, 1.807) is 7.05 Å². The molecule has 0 bridgehead atoms. The van der Waals surface area contributed by atoms with Gasteiger partial charge in [0.25, 0.3) is 0 Å². The van der Waals surface area contributed by atoms with Crippen LogP contribution in [0.2, 0.25) is 0 Å². The van der Waals surface area contributed by atoms with Crippen LogP contribution >= 0.6 is 0 Å². The lowest BCUT2D eigenvalue weighted by molar-refractivity contribution is -0.154. The fraction of sp³-hybridized carbons (Fsp3) is 0.850. The van der Waals surface area contributed by atoms with Crippen molar-refractivity contribution in [2.75, 3.05) is 26.7 Å². The zero-order chi connectivity index (χ0) is 20.3. The second-order valence-corrected chi connectivity index (χ2v) is 8.07. The molecule has 0 aromatic heterocycles. The predicted octanol–water partition coefficient (Wildman–Crippen LogP) is 2.45. The van der Waals surface area contributed by atoms with Crippen molar-refractivity contribution in [3.63, 3.8) is 0 Å². The SMILES string of the molecule is CCC(=O)N1CCC(NC(=NC)NCCCCCCC(=O)OC(C)(C)C)C1. The van der Waals surface area contributed by atoms with E-state index in [2.05, 4.69) is 15.6 Å². The minimum absolute atomic E-state index is 0.114. The van der Waals surface area contributed by atoms with Crippen LogP contribution in [-0.2, 0) is 14.3 Å². The highest BCUT2D eigenvalue weighted by Crippen LogP contribution is 2.11. The van der Waals surface area contributed by atoms with E-state index >= 15 is 0 Å². The van der Waals surface area contributed by atoms with Crippen LogP contribution < -0.4 is 10.6 Å². The Morgan fingerprint density at radius 1 is 1.19 bits per heavy atom. The van der Waals surface area contributed by atoms with E-state index in [4.69, 9.17) is 4.74 Å². The second-order valence-electron chi connectivity index (χ2n) is 8.07. The summed E-state index contributed by atoms with van der Waals surface area (Å²) in [4.78, 5) is 29.6. The van der Waals surface area contributed by atoms with Gasteiger partial charge < -0.3 is 20.3 Å². The van der Waals surface area contributed by atoms with Crippen LogP contribution in [0.4, 0.5) is 0 Å². The van der Waals surface area contributed by atoms with Gasteiger partial charge in [-0.15, -0.1) is 0 Å². The van der Waals surface area contributed by atoms with Crippen LogP contribution in [0, 0.1) is 0 Å². The van der Waals surface area contributed by atoms with E-state index in [1.165, 1.54) is 0 Å². The van der Waals surface area contributed by atoms with Gasteiger partial charge in [-0.1, -0.05) is 19.8 Å². The topological polar surface area (TPSA) is 83.0 Å². The maximum atomic E-state index is 11.7. The molecule has 0 spiro atoms. The van der Waals surface area contributed by atoms with Crippen LogP contribution in [0.3, 0.4) is 0 Å². The predicted molar refractivity (Wildman–Crippen MR) is 109 cm³/mol. The first-order chi connectivity index (χ1) is 12.7. The number of nitrogens with zero attached hydrogens (tertiary/aromatic N) is 2. The van der Waals surface area contributed by atoms with Gasteiger partial charge in [-0.2, -0.15) is 0 Å². The average molecular weight is 383 g/mol. The van der Waals surface area contributed by atoms with Gasteiger partial charge in [0.2, 0.25) is 5.91 Å². The number of aliphatic imine (C=N–C) groups is 1. The minimum Gasteiger partial charge on any atom is -0.460 e. The number of hydrogen-bond donors (Lipinski definition) is 2. The molecule has 1 atom stereocenters. The third-order valence-electron chi connectivity index (χ3n) is 4.43.